The van der Waals surface area contributed by atoms with Gasteiger partial charge >= 0.3 is 0 Å². The molecule has 0 amide bonds. The molecule has 0 fully saturated rings. The van der Waals surface area contributed by atoms with E-state index >= 15 is 0 Å². The lowest BCUT2D eigenvalue weighted by molar-refractivity contribution is 0.983. The van der Waals surface area contributed by atoms with Crippen molar-refractivity contribution in [3.05, 3.63) is 22.4 Å². The zero-order valence-electron chi connectivity index (χ0n) is 6.05. The van der Waals surface area contributed by atoms with Crippen LogP contribution in [0.15, 0.2) is 17.5 Å². The fraction of sp³-hybridized carbons (Fsp3) is 0.333. The molecule has 10 heavy (non-hydrogen) atoms. The molecule has 0 aliphatic rings. The molecule has 0 spiro atoms. The second-order valence-corrected chi connectivity index (χ2v) is 2.98. The van der Waals surface area contributed by atoms with Gasteiger partial charge in [-0.1, -0.05) is 24.8 Å². The van der Waals surface area contributed by atoms with Gasteiger partial charge in [0, 0.05) is 6.42 Å². The molecule has 0 saturated carbocycles. The SMILES string of the molecule is CCCC#Cc1cccs1. The normalized spacial score (nSPS) is 8.50. The number of rotatable bonds is 1. The fourth-order valence-corrected chi connectivity index (χ4v) is 1.22. The smallest absolute Gasteiger partial charge is 0.0768 e. The average Bonchev–Trinajstić information content (AvgIpc) is 2.41. The van der Waals surface area contributed by atoms with E-state index in [9.17, 15) is 0 Å². The van der Waals surface area contributed by atoms with Crippen LogP contribution in [-0.2, 0) is 0 Å². The molecule has 52 valence electrons. The summed E-state index contributed by atoms with van der Waals surface area (Å²) in [4.78, 5) is 1.17. The Bertz CT molecular complexity index is 223. The predicted molar refractivity (Wildman–Crippen MR) is 46.1 cm³/mol. The Morgan fingerprint density at radius 1 is 1.60 bits per heavy atom. The highest BCUT2D eigenvalue weighted by molar-refractivity contribution is 7.10. The molecule has 1 rings (SSSR count). The van der Waals surface area contributed by atoms with E-state index in [-0.39, 0.29) is 0 Å². The first-order valence-electron chi connectivity index (χ1n) is 3.46. The van der Waals surface area contributed by atoms with Crippen LogP contribution in [0.5, 0.6) is 0 Å². The molecular formula is C9H10S. The molecule has 1 heteroatoms. The van der Waals surface area contributed by atoms with Crippen LogP contribution >= 0.6 is 11.3 Å². The van der Waals surface area contributed by atoms with Crippen molar-refractivity contribution in [2.24, 2.45) is 0 Å². The van der Waals surface area contributed by atoms with Crippen molar-refractivity contribution in [1.82, 2.24) is 0 Å². The van der Waals surface area contributed by atoms with Gasteiger partial charge in [0.1, 0.15) is 0 Å². The Kier molecular flexibility index (Phi) is 3.05. The zero-order valence-corrected chi connectivity index (χ0v) is 6.87. The second-order valence-electron chi connectivity index (χ2n) is 2.03. The summed E-state index contributed by atoms with van der Waals surface area (Å²) in [5.74, 6) is 6.19. The van der Waals surface area contributed by atoms with Crippen molar-refractivity contribution in [2.45, 2.75) is 19.8 Å². The van der Waals surface area contributed by atoms with Gasteiger partial charge in [0.2, 0.25) is 0 Å². The molecule has 0 aliphatic carbocycles. The molecule has 1 heterocycles. The van der Waals surface area contributed by atoms with Crippen LogP contribution in [0.1, 0.15) is 24.6 Å². The van der Waals surface area contributed by atoms with Gasteiger partial charge in [-0.15, -0.1) is 11.3 Å². The summed E-state index contributed by atoms with van der Waals surface area (Å²) in [7, 11) is 0. The van der Waals surface area contributed by atoms with Crippen LogP contribution in [0.3, 0.4) is 0 Å². The number of thiophene rings is 1. The topological polar surface area (TPSA) is 0 Å². The molecule has 0 atom stereocenters. The third-order valence-electron chi connectivity index (χ3n) is 1.11. The molecule has 0 nitrogen and oxygen atoms in total. The van der Waals surface area contributed by atoms with Crippen molar-refractivity contribution in [2.75, 3.05) is 0 Å². The quantitative estimate of drug-likeness (QED) is 0.540. The molecule has 0 N–H and O–H groups in total. The highest BCUT2D eigenvalue weighted by atomic mass is 32.1. The van der Waals surface area contributed by atoms with Crippen molar-refractivity contribution in [3.63, 3.8) is 0 Å². The van der Waals surface area contributed by atoms with E-state index in [0.717, 1.165) is 12.8 Å². The van der Waals surface area contributed by atoms with Gasteiger partial charge in [0.05, 0.1) is 4.88 Å². The molecule has 0 aromatic carbocycles. The van der Waals surface area contributed by atoms with Gasteiger partial charge in [-0.3, -0.25) is 0 Å². The van der Waals surface area contributed by atoms with Gasteiger partial charge in [0.25, 0.3) is 0 Å². The third-order valence-corrected chi connectivity index (χ3v) is 1.89. The molecule has 1 aromatic rings. The van der Waals surface area contributed by atoms with Gasteiger partial charge in [-0.05, 0) is 17.9 Å². The summed E-state index contributed by atoms with van der Waals surface area (Å²) in [6.07, 6.45) is 2.16. The maximum absolute atomic E-state index is 3.10. The van der Waals surface area contributed by atoms with E-state index < -0.39 is 0 Å². The Hall–Kier alpha value is -0.740. The summed E-state index contributed by atoms with van der Waals surface area (Å²) in [5.41, 5.74) is 0. The maximum atomic E-state index is 3.10. The van der Waals surface area contributed by atoms with Crippen molar-refractivity contribution in [1.29, 1.82) is 0 Å². The summed E-state index contributed by atoms with van der Waals surface area (Å²) in [6, 6.07) is 4.08. The van der Waals surface area contributed by atoms with Crippen LogP contribution in [0.25, 0.3) is 0 Å². The van der Waals surface area contributed by atoms with E-state index in [1.165, 1.54) is 4.88 Å². The van der Waals surface area contributed by atoms with E-state index in [1.54, 1.807) is 11.3 Å². The minimum Gasteiger partial charge on any atom is -0.135 e. The van der Waals surface area contributed by atoms with Gasteiger partial charge in [-0.2, -0.15) is 0 Å². The third kappa shape index (κ3) is 2.24. The molecule has 0 aliphatic heterocycles. The molecule has 0 saturated heterocycles. The highest BCUT2D eigenvalue weighted by Crippen LogP contribution is 2.05. The van der Waals surface area contributed by atoms with E-state index in [2.05, 4.69) is 24.1 Å². The Balaban J connectivity index is 2.49. The standard InChI is InChI=1S/C9H10S/c1-2-3-4-6-9-7-5-8-10-9/h5,7-8H,2-3H2,1H3. The molecule has 0 unspecified atom stereocenters. The fourth-order valence-electron chi connectivity index (χ4n) is 0.624. The monoisotopic (exact) mass is 150 g/mol. The average molecular weight is 150 g/mol. The van der Waals surface area contributed by atoms with E-state index in [4.69, 9.17) is 0 Å². The molecule has 1 aromatic heterocycles. The highest BCUT2D eigenvalue weighted by Gasteiger charge is 1.82. The van der Waals surface area contributed by atoms with Gasteiger partial charge in [-0.25, -0.2) is 0 Å². The molecule has 0 bridgehead atoms. The summed E-state index contributed by atoms with van der Waals surface area (Å²) in [6.45, 7) is 2.14. The second kappa shape index (κ2) is 4.14. The number of hydrogen-bond donors (Lipinski definition) is 0. The lowest BCUT2D eigenvalue weighted by atomic mass is 10.3. The number of hydrogen-bond acceptors (Lipinski definition) is 1. The Morgan fingerprint density at radius 3 is 3.10 bits per heavy atom. The summed E-state index contributed by atoms with van der Waals surface area (Å²) < 4.78 is 0. The predicted octanol–water partition coefficient (Wildman–Crippen LogP) is 2.90. The molecule has 0 radical (unpaired) electrons. The van der Waals surface area contributed by atoms with Crippen LogP contribution in [-0.4, -0.2) is 0 Å². The Morgan fingerprint density at radius 2 is 2.50 bits per heavy atom. The zero-order chi connectivity index (χ0) is 7.23. The first-order valence-corrected chi connectivity index (χ1v) is 4.34. The first kappa shape index (κ1) is 7.37. The lowest BCUT2D eigenvalue weighted by Crippen LogP contribution is -1.62. The minimum absolute atomic E-state index is 1.01. The lowest BCUT2D eigenvalue weighted by Gasteiger charge is -1.77. The van der Waals surface area contributed by atoms with Crippen molar-refractivity contribution >= 4 is 11.3 Å². The molecular weight excluding hydrogens is 140 g/mol. The summed E-state index contributed by atoms with van der Waals surface area (Å²) >= 11 is 1.70. The van der Waals surface area contributed by atoms with E-state index in [0.29, 0.717) is 0 Å². The minimum atomic E-state index is 1.01. The van der Waals surface area contributed by atoms with Gasteiger partial charge < -0.3 is 0 Å². The van der Waals surface area contributed by atoms with Crippen LogP contribution in [0, 0.1) is 11.8 Å². The maximum Gasteiger partial charge on any atom is 0.0768 e. The van der Waals surface area contributed by atoms with Crippen molar-refractivity contribution in [3.8, 4) is 11.8 Å². The van der Waals surface area contributed by atoms with Crippen LogP contribution in [0.2, 0.25) is 0 Å². The number of unbranched alkanes of at least 4 members (excludes halogenated alkanes) is 1. The van der Waals surface area contributed by atoms with E-state index in [1.807, 2.05) is 12.1 Å². The Labute approximate surface area is 65.9 Å². The van der Waals surface area contributed by atoms with Crippen LogP contribution < -0.4 is 0 Å². The van der Waals surface area contributed by atoms with Gasteiger partial charge in [0.15, 0.2) is 0 Å². The van der Waals surface area contributed by atoms with Crippen molar-refractivity contribution < 1.29 is 0 Å². The summed E-state index contributed by atoms with van der Waals surface area (Å²) in [5, 5.41) is 2.05. The first-order chi connectivity index (χ1) is 4.93. The van der Waals surface area contributed by atoms with Crippen LogP contribution in [0.4, 0.5) is 0 Å². The largest absolute Gasteiger partial charge is 0.135 e.